The highest BCUT2D eigenvalue weighted by Gasteiger charge is 2.27. The summed E-state index contributed by atoms with van der Waals surface area (Å²) in [5.41, 5.74) is 2.38. The van der Waals surface area contributed by atoms with E-state index in [4.69, 9.17) is 9.47 Å². The number of benzene rings is 1. The Labute approximate surface area is 179 Å². The molecule has 2 rings (SSSR count). The molecule has 1 N–H and O–H groups in total. The van der Waals surface area contributed by atoms with Crippen LogP contribution in [0.15, 0.2) is 23.2 Å². The Morgan fingerprint density at radius 3 is 2.63 bits per heavy atom. The molecule has 1 fully saturated rings. The van der Waals surface area contributed by atoms with E-state index in [1.807, 2.05) is 13.8 Å². The van der Waals surface area contributed by atoms with Crippen LogP contribution < -0.4 is 10.1 Å². The smallest absolute Gasteiger partial charge is 0.309 e. The molecule has 0 amide bonds. The van der Waals surface area contributed by atoms with Crippen LogP contribution >= 0.6 is 24.0 Å². The zero-order valence-corrected chi connectivity index (χ0v) is 19.1. The summed E-state index contributed by atoms with van der Waals surface area (Å²) in [6, 6.07) is 6.31. The lowest BCUT2D eigenvalue weighted by Gasteiger charge is -2.33. The number of nitrogens with one attached hydrogen (secondary N) is 1. The number of carbonyl (C=O) groups excluding carboxylic acids is 1. The molecular formula is C20H32IN3O3. The van der Waals surface area contributed by atoms with Crippen molar-refractivity contribution in [1.82, 2.24) is 10.2 Å². The first-order valence-corrected chi connectivity index (χ1v) is 9.34. The second kappa shape index (κ2) is 12.0. The number of esters is 1. The molecule has 1 aliphatic heterocycles. The largest absolute Gasteiger partial charge is 0.496 e. The van der Waals surface area contributed by atoms with Gasteiger partial charge in [0.1, 0.15) is 5.75 Å². The first-order valence-electron chi connectivity index (χ1n) is 9.34. The number of guanidine groups is 1. The molecule has 1 aliphatic rings. The van der Waals surface area contributed by atoms with Crippen LogP contribution in [0.25, 0.3) is 0 Å². The molecule has 27 heavy (non-hydrogen) atoms. The lowest BCUT2D eigenvalue weighted by atomic mass is 9.97. The molecule has 1 saturated heterocycles. The molecular weight excluding hydrogens is 457 g/mol. The summed E-state index contributed by atoms with van der Waals surface area (Å²) in [7, 11) is 3.50. The van der Waals surface area contributed by atoms with Crippen LogP contribution in [0.5, 0.6) is 5.75 Å². The molecule has 0 atom stereocenters. The van der Waals surface area contributed by atoms with Crippen LogP contribution in [0.1, 0.15) is 30.9 Å². The number of aryl methyl sites for hydroxylation is 1. The van der Waals surface area contributed by atoms with Gasteiger partial charge in [-0.05, 0) is 50.3 Å². The van der Waals surface area contributed by atoms with Gasteiger partial charge in [0.05, 0.1) is 19.6 Å². The molecule has 0 spiro atoms. The minimum Gasteiger partial charge on any atom is -0.496 e. The van der Waals surface area contributed by atoms with Crippen LogP contribution in [-0.4, -0.2) is 57.2 Å². The summed E-state index contributed by atoms with van der Waals surface area (Å²) < 4.78 is 10.5. The Morgan fingerprint density at radius 2 is 2.04 bits per heavy atom. The third kappa shape index (κ3) is 6.86. The molecule has 0 saturated carbocycles. The van der Waals surface area contributed by atoms with E-state index in [1.54, 1.807) is 14.2 Å². The number of likely N-dealkylation sites (tertiary alicyclic amines) is 1. The van der Waals surface area contributed by atoms with Crippen molar-refractivity contribution in [3.8, 4) is 5.75 Å². The first-order chi connectivity index (χ1) is 12.6. The molecule has 0 aromatic heterocycles. The normalized spacial score (nSPS) is 15.1. The Bertz CT molecular complexity index is 629. The van der Waals surface area contributed by atoms with Crippen molar-refractivity contribution in [2.75, 3.05) is 40.4 Å². The lowest BCUT2D eigenvalue weighted by molar-refractivity contribution is -0.149. The Morgan fingerprint density at radius 1 is 1.33 bits per heavy atom. The van der Waals surface area contributed by atoms with Gasteiger partial charge in [-0.1, -0.05) is 12.1 Å². The van der Waals surface area contributed by atoms with Crippen molar-refractivity contribution in [2.45, 2.75) is 33.1 Å². The van der Waals surface area contributed by atoms with Crippen LogP contribution in [0, 0.1) is 12.8 Å². The number of ether oxygens (including phenoxy) is 2. The van der Waals surface area contributed by atoms with E-state index in [-0.39, 0.29) is 35.9 Å². The molecule has 0 aliphatic carbocycles. The monoisotopic (exact) mass is 489 g/mol. The average Bonchev–Trinajstić information content (AvgIpc) is 2.67. The zero-order chi connectivity index (χ0) is 18.9. The van der Waals surface area contributed by atoms with Crippen LogP contribution in [0.4, 0.5) is 0 Å². The fraction of sp³-hybridized carbons (Fsp3) is 0.600. The first kappa shape index (κ1) is 23.5. The molecule has 1 aromatic rings. The van der Waals surface area contributed by atoms with Crippen LogP contribution in [0.3, 0.4) is 0 Å². The van der Waals surface area contributed by atoms with Gasteiger partial charge >= 0.3 is 5.97 Å². The maximum absolute atomic E-state index is 11.9. The van der Waals surface area contributed by atoms with E-state index < -0.39 is 0 Å². The van der Waals surface area contributed by atoms with E-state index >= 15 is 0 Å². The summed E-state index contributed by atoms with van der Waals surface area (Å²) in [5, 5.41) is 3.43. The fourth-order valence-corrected chi connectivity index (χ4v) is 3.26. The number of carbonyl (C=O) groups is 1. The van der Waals surface area contributed by atoms with E-state index in [1.165, 1.54) is 5.56 Å². The number of aliphatic imine (C=N–C) groups is 1. The highest BCUT2D eigenvalue weighted by atomic mass is 127. The quantitative estimate of drug-likeness (QED) is 0.288. The highest BCUT2D eigenvalue weighted by Crippen LogP contribution is 2.20. The van der Waals surface area contributed by atoms with Gasteiger partial charge in [-0.15, -0.1) is 24.0 Å². The number of hydrogen-bond donors (Lipinski definition) is 1. The fourth-order valence-electron chi connectivity index (χ4n) is 3.26. The highest BCUT2D eigenvalue weighted by molar-refractivity contribution is 14.0. The predicted molar refractivity (Wildman–Crippen MR) is 119 cm³/mol. The number of rotatable bonds is 6. The third-order valence-electron chi connectivity index (χ3n) is 4.80. The number of nitrogens with zero attached hydrogens (tertiary/aromatic N) is 2. The molecule has 7 heteroatoms. The van der Waals surface area contributed by atoms with E-state index in [0.717, 1.165) is 56.2 Å². The van der Waals surface area contributed by atoms with Crippen LogP contribution in [0.2, 0.25) is 0 Å². The van der Waals surface area contributed by atoms with Gasteiger partial charge in [-0.2, -0.15) is 0 Å². The number of methoxy groups -OCH3 is 1. The van der Waals surface area contributed by atoms with Gasteiger partial charge in [0.2, 0.25) is 0 Å². The van der Waals surface area contributed by atoms with Crippen molar-refractivity contribution in [3.63, 3.8) is 0 Å². The Balaban J connectivity index is 0.00000364. The second-order valence-corrected chi connectivity index (χ2v) is 6.54. The topological polar surface area (TPSA) is 63.2 Å². The second-order valence-electron chi connectivity index (χ2n) is 6.54. The average molecular weight is 489 g/mol. The van der Waals surface area contributed by atoms with Gasteiger partial charge < -0.3 is 19.7 Å². The van der Waals surface area contributed by atoms with Gasteiger partial charge in [0, 0.05) is 26.7 Å². The van der Waals surface area contributed by atoms with E-state index in [0.29, 0.717) is 6.61 Å². The van der Waals surface area contributed by atoms with Gasteiger partial charge in [0.25, 0.3) is 0 Å². The van der Waals surface area contributed by atoms with Gasteiger partial charge in [-0.25, -0.2) is 0 Å². The van der Waals surface area contributed by atoms with Crippen molar-refractivity contribution in [3.05, 3.63) is 29.3 Å². The molecule has 1 aromatic carbocycles. The molecule has 0 unspecified atom stereocenters. The molecule has 152 valence electrons. The minimum atomic E-state index is -0.0663. The minimum absolute atomic E-state index is 0. The maximum Gasteiger partial charge on any atom is 0.309 e. The number of hydrogen-bond acceptors (Lipinski definition) is 4. The van der Waals surface area contributed by atoms with Gasteiger partial charge in [-0.3, -0.25) is 9.79 Å². The zero-order valence-electron chi connectivity index (χ0n) is 16.8. The molecule has 0 bridgehead atoms. The Hall–Kier alpha value is -1.51. The maximum atomic E-state index is 11.9. The van der Waals surface area contributed by atoms with Crippen LogP contribution in [-0.2, 0) is 16.0 Å². The molecule has 0 radical (unpaired) electrons. The number of piperidine rings is 1. The van der Waals surface area contributed by atoms with Crippen molar-refractivity contribution in [2.24, 2.45) is 10.9 Å². The summed E-state index contributed by atoms with van der Waals surface area (Å²) >= 11 is 0. The van der Waals surface area contributed by atoms with Crippen molar-refractivity contribution < 1.29 is 14.3 Å². The van der Waals surface area contributed by atoms with E-state index in [9.17, 15) is 4.79 Å². The Kier molecular flexibility index (Phi) is 10.5. The van der Waals surface area contributed by atoms with Gasteiger partial charge in [0.15, 0.2) is 5.96 Å². The lowest BCUT2D eigenvalue weighted by Crippen LogP contribution is -2.47. The van der Waals surface area contributed by atoms with Crippen molar-refractivity contribution >= 4 is 35.9 Å². The summed E-state index contributed by atoms with van der Waals surface area (Å²) in [6.45, 7) is 6.79. The summed E-state index contributed by atoms with van der Waals surface area (Å²) in [5.74, 6) is 1.77. The standard InChI is InChI=1S/C20H31N3O3.HI/c1-5-26-19(24)17-9-12-23(13-10-17)20(21-3)22-11-8-16-7-6-15(2)18(14-16)25-4;/h6-7,14,17H,5,8-13H2,1-4H3,(H,21,22);1H. The molecule has 1 heterocycles. The van der Waals surface area contributed by atoms with E-state index in [2.05, 4.69) is 33.4 Å². The SMILES string of the molecule is CCOC(=O)C1CCN(C(=NC)NCCc2ccc(C)c(OC)c2)CC1.I. The van der Waals surface area contributed by atoms with Crippen molar-refractivity contribution in [1.29, 1.82) is 0 Å². The summed E-state index contributed by atoms with van der Waals surface area (Å²) in [4.78, 5) is 18.5. The number of halogens is 1. The molecule has 6 nitrogen and oxygen atoms in total. The third-order valence-corrected chi connectivity index (χ3v) is 4.80. The summed E-state index contributed by atoms with van der Waals surface area (Å²) in [6.07, 6.45) is 2.53. The predicted octanol–water partition coefficient (Wildman–Crippen LogP) is 3.01.